The molecule has 5 heteroatoms. The number of amides is 1. The van der Waals surface area contributed by atoms with Gasteiger partial charge in [-0.3, -0.25) is 4.79 Å². The molecule has 0 radical (unpaired) electrons. The first-order valence-corrected chi connectivity index (χ1v) is 7.61. The van der Waals surface area contributed by atoms with E-state index >= 15 is 0 Å². The maximum absolute atomic E-state index is 12.6. The number of rotatable bonds is 3. The van der Waals surface area contributed by atoms with E-state index in [-0.39, 0.29) is 5.91 Å². The largest absolute Gasteiger partial charge is 0.480 e. The second-order valence-electron chi connectivity index (χ2n) is 5.62. The third-order valence-electron chi connectivity index (χ3n) is 4.24. The van der Waals surface area contributed by atoms with Crippen molar-refractivity contribution in [3.63, 3.8) is 0 Å². The van der Waals surface area contributed by atoms with Crippen LogP contribution in [0.25, 0.3) is 0 Å². The van der Waals surface area contributed by atoms with Crippen LogP contribution in [0, 0.1) is 12.8 Å². The molecule has 0 saturated carbocycles. The molecule has 1 amide bonds. The van der Waals surface area contributed by atoms with E-state index in [1.165, 1.54) is 4.90 Å². The first-order valence-electron chi connectivity index (χ1n) is 7.24. The Morgan fingerprint density at radius 1 is 1.43 bits per heavy atom. The van der Waals surface area contributed by atoms with Gasteiger partial charge in [0.25, 0.3) is 5.91 Å². The Morgan fingerprint density at radius 3 is 2.71 bits per heavy atom. The third kappa shape index (κ3) is 3.38. The maximum atomic E-state index is 12.6. The van der Waals surface area contributed by atoms with Gasteiger partial charge in [-0.15, -0.1) is 0 Å². The second kappa shape index (κ2) is 6.48. The van der Waals surface area contributed by atoms with Gasteiger partial charge in [0, 0.05) is 17.1 Å². The molecule has 0 aliphatic carbocycles. The van der Waals surface area contributed by atoms with E-state index in [1.807, 2.05) is 6.92 Å². The molecule has 21 heavy (non-hydrogen) atoms. The minimum absolute atomic E-state index is 0.225. The minimum Gasteiger partial charge on any atom is -0.480 e. The van der Waals surface area contributed by atoms with Crippen LogP contribution in [0.1, 0.15) is 42.1 Å². The van der Waals surface area contributed by atoms with Crippen LogP contribution in [0.3, 0.4) is 0 Å². The molecular formula is C16H20ClNO3. The van der Waals surface area contributed by atoms with Crippen LogP contribution in [0.2, 0.25) is 5.02 Å². The number of aryl methyl sites for hydroxylation is 1. The first-order chi connectivity index (χ1) is 9.93. The number of hydrogen-bond acceptors (Lipinski definition) is 2. The number of benzene rings is 1. The number of carboxylic acid groups (broad SMARTS) is 1. The molecule has 0 aromatic heterocycles. The predicted octanol–water partition coefficient (Wildman–Crippen LogP) is 3.36. The van der Waals surface area contributed by atoms with Crippen LogP contribution < -0.4 is 0 Å². The lowest BCUT2D eigenvalue weighted by atomic mass is 9.88. The molecule has 0 bridgehead atoms. The Morgan fingerprint density at radius 2 is 2.14 bits per heavy atom. The smallest absolute Gasteiger partial charge is 0.326 e. The van der Waals surface area contributed by atoms with E-state index in [1.54, 1.807) is 18.2 Å². The molecule has 1 aromatic rings. The Hall–Kier alpha value is -1.55. The van der Waals surface area contributed by atoms with Gasteiger partial charge in [-0.1, -0.05) is 24.9 Å². The fourth-order valence-electron chi connectivity index (χ4n) is 2.83. The number of carbonyl (C=O) groups excluding carboxylic acids is 1. The van der Waals surface area contributed by atoms with Crippen molar-refractivity contribution in [3.05, 3.63) is 34.3 Å². The Bertz CT molecular complexity index is 558. The number of carbonyl (C=O) groups is 2. The molecule has 1 heterocycles. The summed E-state index contributed by atoms with van der Waals surface area (Å²) in [5, 5.41) is 10.0. The summed E-state index contributed by atoms with van der Waals surface area (Å²) in [6.07, 6.45) is 2.34. The van der Waals surface area contributed by atoms with Crippen molar-refractivity contribution in [3.8, 4) is 0 Å². The van der Waals surface area contributed by atoms with Crippen LogP contribution in [0.4, 0.5) is 0 Å². The minimum atomic E-state index is -0.924. The lowest BCUT2D eigenvalue weighted by Gasteiger charge is -2.37. The number of likely N-dealkylation sites (tertiary alicyclic amines) is 1. The Labute approximate surface area is 129 Å². The molecule has 1 aromatic carbocycles. The van der Waals surface area contributed by atoms with Gasteiger partial charge in [-0.25, -0.2) is 4.79 Å². The van der Waals surface area contributed by atoms with Crippen molar-refractivity contribution in [2.75, 3.05) is 6.54 Å². The summed E-state index contributed by atoms with van der Waals surface area (Å²) in [5.41, 5.74) is 1.32. The van der Waals surface area contributed by atoms with E-state index in [0.717, 1.165) is 18.4 Å². The molecule has 114 valence electrons. The third-order valence-corrected chi connectivity index (χ3v) is 4.66. The van der Waals surface area contributed by atoms with Crippen molar-refractivity contribution in [1.82, 2.24) is 4.90 Å². The summed E-state index contributed by atoms with van der Waals surface area (Å²) >= 11 is 5.97. The van der Waals surface area contributed by atoms with Crippen LogP contribution in [-0.2, 0) is 4.79 Å². The summed E-state index contributed by atoms with van der Waals surface area (Å²) in [5.74, 6) is -0.772. The Kier molecular flexibility index (Phi) is 4.88. The monoisotopic (exact) mass is 309 g/mol. The molecule has 4 nitrogen and oxygen atoms in total. The van der Waals surface area contributed by atoms with E-state index < -0.39 is 12.0 Å². The van der Waals surface area contributed by atoms with Crippen LogP contribution >= 0.6 is 11.6 Å². The fourth-order valence-corrected chi connectivity index (χ4v) is 2.95. The first kappa shape index (κ1) is 15.8. The molecule has 1 aliphatic rings. The molecule has 2 unspecified atom stereocenters. The normalized spacial score (nSPS) is 22.1. The highest BCUT2D eigenvalue weighted by Gasteiger charge is 2.35. The zero-order valence-corrected chi connectivity index (χ0v) is 13.1. The summed E-state index contributed by atoms with van der Waals surface area (Å²) < 4.78 is 0. The van der Waals surface area contributed by atoms with Gasteiger partial charge < -0.3 is 10.0 Å². The predicted molar refractivity (Wildman–Crippen MR) is 81.7 cm³/mol. The summed E-state index contributed by atoms with van der Waals surface area (Å²) in [7, 11) is 0. The van der Waals surface area contributed by atoms with Crippen molar-refractivity contribution in [2.24, 2.45) is 5.92 Å². The van der Waals surface area contributed by atoms with Gasteiger partial charge in [0.15, 0.2) is 0 Å². The number of hydrogen-bond donors (Lipinski definition) is 1. The van der Waals surface area contributed by atoms with Gasteiger partial charge in [-0.05, 0) is 49.4 Å². The van der Waals surface area contributed by atoms with Gasteiger partial charge in [0.2, 0.25) is 0 Å². The molecule has 2 atom stereocenters. The number of carboxylic acids is 1. The quantitative estimate of drug-likeness (QED) is 0.931. The van der Waals surface area contributed by atoms with E-state index in [0.29, 0.717) is 29.5 Å². The molecule has 0 spiro atoms. The second-order valence-corrected chi connectivity index (χ2v) is 6.02. The van der Waals surface area contributed by atoms with Crippen LogP contribution in [0.15, 0.2) is 18.2 Å². The number of aliphatic carboxylic acids is 1. The standard InChI is InChI=1S/C16H20ClNO3/c1-3-11-6-7-18(14(9-11)16(20)21)15(19)12-4-5-13(17)10(2)8-12/h4-5,8,11,14H,3,6-7,9H2,1-2H3,(H,20,21). The summed E-state index contributed by atoms with van der Waals surface area (Å²) in [6, 6.07) is 4.32. The molecular weight excluding hydrogens is 290 g/mol. The van der Waals surface area contributed by atoms with Crippen molar-refractivity contribution in [1.29, 1.82) is 0 Å². The van der Waals surface area contributed by atoms with Crippen LogP contribution in [-0.4, -0.2) is 34.5 Å². The average Bonchev–Trinajstić information content (AvgIpc) is 2.48. The number of piperidine rings is 1. The zero-order valence-electron chi connectivity index (χ0n) is 12.3. The topological polar surface area (TPSA) is 57.6 Å². The molecule has 1 aliphatic heterocycles. The highest BCUT2D eigenvalue weighted by Crippen LogP contribution is 2.27. The average molecular weight is 310 g/mol. The van der Waals surface area contributed by atoms with Gasteiger partial charge >= 0.3 is 5.97 Å². The van der Waals surface area contributed by atoms with Crippen molar-refractivity contribution < 1.29 is 14.7 Å². The lowest BCUT2D eigenvalue weighted by molar-refractivity contribution is -0.144. The van der Waals surface area contributed by atoms with Gasteiger partial charge in [0.1, 0.15) is 6.04 Å². The van der Waals surface area contributed by atoms with Crippen molar-refractivity contribution in [2.45, 2.75) is 39.2 Å². The molecule has 1 N–H and O–H groups in total. The molecule has 1 fully saturated rings. The SMILES string of the molecule is CCC1CCN(C(=O)c2ccc(Cl)c(C)c2)C(C(=O)O)C1. The molecule has 2 rings (SSSR count). The highest BCUT2D eigenvalue weighted by atomic mass is 35.5. The van der Waals surface area contributed by atoms with Gasteiger partial charge in [0.05, 0.1) is 0 Å². The van der Waals surface area contributed by atoms with E-state index in [4.69, 9.17) is 11.6 Å². The van der Waals surface area contributed by atoms with Crippen molar-refractivity contribution >= 4 is 23.5 Å². The maximum Gasteiger partial charge on any atom is 0.326 e. The summed E-state index contributed by atoms with van der Waals surface area (Å²) in [6.45, 7) is 4.39. The summed E-state index contributed by atoms with van der Waals surface area (Å²) in [4.78, 5) is 25.5. The zero-order chi connectivity index (χ0) is 15.6. The highest BCUT2D eigenvalue weighted by molar-refractivity contribution is 6.31. The van der Waals surface area contributed by atoms with E-state index in [9.17, 15) is 14.7 Å². The molecule has 1 saturated heterocycles. The van der Waals surface area contributed by atoms with Gasteiger partial charge in [-0.2, -0.15) is 0 Å². The van der Waals surface area contributed by atoms with Crippen LogP contribution in [0.5, 0.6) is 0 Å². The number of halogens is 1. The Balaban J connectivity index is 2.24. The van der Waals surface area contributed by atoms with E-state index in [2.05, 4.69) is 6.92 Å². The lowest BCUT2D eigenvalue weighted by Crippen LogP contribution is -2.50. The number of nitrogens with zero attached hydrogens (tertiary/aromatic N) is 1. The fraction of sp³-hybridized carbons (Fsp3) is 0.500.